The molecule has 1 amide bonds. The first-order chi connectivity index (χ1) is 9.57. The van der Waals surface area contributed by atoms with Gasteiger partial charge in [-0.25, -0.2) is 0 Å². The fraction of sp³-hybridized carbons (Fsp3) is 0.533. The first-order valence-electron chi connectivity index (χ1n) is 6.91. The van der Waals surface area contributed by atoms with Crippen LogP contribution in [0.25, 0.3) is 0 Å². The van der Waals surface area contributed by atoms with Crippen LogP contribution in [0.4, 0.5) is 0 Å². The zero-order chi connectivity index (χ0) is 14.6. The Labute approximate surface area is 128 Å². The van der Waals surface area contributed by atoms with Gasteiger partial charge in [0.25, 0.3) is 0 Å². The van der Waals surface area contributed by atoms with E-state index in [2.05, 4.69) is 15.9 Å². The van der Waals surface area contributed by atoms with Crippen molar-refractivity contribution in [1.29, 1.82) is 0 Å². The molecular weight excluding hydrogens is 320 g/mol. The third kappa shape index (κ3) is 3.33. The third-order valence-corrected chi connectivity index (χ3v) is 4.54. The van der Waals surface area contributed by atoms with Gasteiger partial charge in [0, 0.05) is 18.1 Å². The van der Waals surface area contributed by atoms with Crippen LogP contribution in [0.3, 0.4) is 0 Å². The first kappa shape index (κ1) is 15.3. The summed E-state index contributed by atoms with van der Waals surface area (Å²) in [6, 6.07) is 7.67. The molecule has 20 heavy (non-hydrogen) atoms. The molecule has 0 unspecified atom stereocenters. The summed E-state index contributed by atoms with van der Waals surface area (Å²) in [6.45, 7) is 1.52. The molecule has 0 heterocycles. The molecule has 0 aromatic heterocycles. The Balaban J connectivity index is 1.78. The van der Waals surface area contributed by atoms with Gasteiger partial charge in [-0.1, -0.05) is 22.4 Å². The van der Waals surface area contributed by atoms with Gasteiger partial charge >= 0.3 is 0 Å². The van der Waals surface area contributed by atoms with Gasteiger partial charge in [0.2, 0.25) is 5.91 Å². The van der Waals surface area contributed by atoms with Crippen molar-refractivity contribution in [3.8, 4) is 5.75 Å². The summed E-state index contributed by atoms with van der Waals surface area (Å²) in [7, 11) is 1.82. The van der Waals surface area contributed by atoms with Crippen molar-refractivity contribution in [1.82, 2.24) is 4.90 Å². The van der Waals surface area contributed by atoms with Gasteiger partial charge < -0.3 is 15.4 Å². The molecule has 1 saturated carbocycles. The van der Waals surface area contributed by atoms with E-state index in [1.165, 1.54) is 0 Å². The van der Waals surface area contributed by atoms with Crippen molar-refractivity contribution >= 4 is 21.8 Å². The van der Waals surface area contributed by atoms with Gasteiger partial charge in [0.1, 0.15) is 12.4 Å². The molecule has 0 spiro atoms. The highest BCUT2D eigenvalue weighted by molar-refractivity contribution is 9.10. The number of hydrogen-bond acceptors (Lipinski definition) is 3. The van der Waals surface area contributed by atoms with Crippen molar-refractivity contribution in [2.75, 3.05) is 26.7 Å². The van der Waals surface area contributed by atoms with Crippen LogP contribution in [0.15, 0.2) is 28.7 Å². The molecule has 2 N–H and O–H groups in total. The number of likely N-dealkylation sites (N-methyl/N-ethyl adjacent to an activating group) is 1. The van der Waals surface area contributed by atoms with Gasteiger partial charge in [-0.3, -0.25) is 4.79 Å². The minimum atomic E-state index is -0.299. The third-order valence-electron chi connectivity index (χ3n) is 4.01. The average molecular weight is 341 g/mol. The highest BCUT2D eigenvalue weighted by Crippen LogP contribution is 2.41. The van der Waals surface area contributed by atoms with E-state index in [-0.39, 0.29) is 11.3 Å². The maximum Gasteiger partial charge on any atom is 0.229 e. The number of hydrogen-bond donors (Lipinski definition) is 1. The normalized spacial score (nSPS) is 16.4. The quantitative estimate of drug-likeness (QED) is 0.865. The van der Waals surface area contributed by atoms with Crippen LogP contribution in [-0.2, 0) is 4.79 Å². The summed E-state index contributed by atoms with van der Waals surface area (Å²) in [5, 5.41) is 0. The summed E-state index contributed by atoms with van der Waals surface area (Å²) in [5.41, 5.74) is 5.46. The Hall–Kier alpha value is -1.07. The Kier molecular flexibility index (Phi) is 5.05. The number of amides is 1. The van der Waals surface area contributed by atoms with E-state index in [1.807, 2.05) is 31.3 Å². The lowest BCUT2D eigenvalue weighted by Gasteiger charge is -2.41. The highest BCUT2D eigenvalue weighted by atomic mass is 79.9. The van der Waals surface area contributed by atoms with Crippen LogP contribution in [-0.4, -0.2) is 37.6 Å². The van der Waals surface area contributed by atoms with E-state index in [0.29, 0.717) is 19.7 Å². The highest BCUT2D eigenvalue weighted by Gasteiger charge is 2.44. The topological polar surface area (TPSA) is 55.6 Å². The van der Waals surface area contributed by atoms with Gasteiger partial charge in [-0.05, 0) is 37.1 Å². The van der Waals surface area contributed by atoms with Crippen LogP contribution in [0.1, 0.15) is 19.3 Å². The van der Waals surface area contributed by atoms with Crippen LogP contribution >= 0.6 is 15.9 Å². The van der Waals surface area contributed by atoms with E-state index in [9.17, 15) is 4.79 Å². The number of rotatable bonds is 6. The molecule has 1 aromatic carbocycles. The lowest BCUT2D eigenvalue weighted by Crippen LogP contribution is -2.51. The Morgan fingerprint density at radius 3 is 2.55 bits per heavy atom. The zero-order valence-electron chi connectivity index (χ0n) is 11.8. The number of carbonyl (C=O) groups is 1. The maximum absolute atomic E-state index is 12.3. The summed E-state index contributed by atoms with van der Waals surface area (Å²) in [6.07, 6.45) is 2.94. The van der Waals surface area contributed by atoms with Crippen LogP contribution in [0, 0.1) is 5.41 Å². The molecular formula is C15H21BrN2O2. The standard InChI is InChI=1S/C15H21BrN2O2/c1-18(14(19)15(11-17)7-2-8-15)9-10-20-13-5-3-12(16)4-6-13/h3-6H,2,7-11,17H2,1H3. The largest absolute Gasteiger partial charge is 0.492 e. The predicted molar refractivity (Wildman–Crippen MR) is 82.6 cm³/mol. The van der Waals surface area contributed by atoms with E-state index >= 15 is 0 Å². The number of nitrogens with zero attached hydrogens (tertiary/aromatic N) is 1. The molecule has 0 radical (unpaired) electrons. The molecule has 2 rings (SSSR count). The minimum absolute atomic E-state index is 0.158. The molecule has 1 aliphatic rings. The molecule has 5 heteroatoms. The first-order valence-corrected chi connectivity index (χ1v) is 7.71. The molecule has 0 saturated heterocycles. The summed E-state index contributed by atoms with van der Waals surface area (Å²) >= 11 is 3.38. The predicted octanol–water partition coefficient (Wildman–Crippen LogP) is 2.42. The monoisotopic (exact) mass is 340 g/mol. The lowest BCUT2D eigenvalue weighted by atomic mass is 9.68. The number of nitrogens with two attached hydrogens (primary N) is 1. The summed E-state index contributed by atoms with van der Waals surface area (Å²) in [5.74, 6) is 0.969. The second-order valence-corrected chi connectivity index (χ2v) is 6.28. The Bertz CT molecular complexity index is 452. The van der Waals surface area contributed by atoms with E-state index in [4.69, 9.17) is 10.5 Å². The second-order valence-electron chi connectivity index (χ2n) is 5.37. The SMILES string of the molecule is CN(CCOc1ccc(Br)cc1)C(=O)C1(CN)CCC1. The maximum atomic E-state index is 12.3. The lowest BCUT2D eigenvalue weighted by molar-refractivity contribution is -0.145. The van der Waals surface area contributed by atoms with Crippen LogP contribution in [0.2, 0.25) is 0 Å². The number of benzene rings is 1. The smallest absolute Gasteiger partial charge is 0.229 e. The molecule has 1 fully saturated rings. The molecule has 0 aliphatic heterocycles. The van der Waals surface area contributed by atoms with E-state index < -0.39 is 0 Å². The Morgan fingerprint density at radius 2 is 2.05 bits per heavy atom. The molecule has 110 valence electrons. The van der Waals surface area contributed by atoms with Crippen molar-refractivity contribution < 1.29 is 9.53 Å². The second kappa shape index (κ2) is 6.59. The van der Waals surface area contributed by atoms with Crippen molar-refractivity contribution in [3.05, 3.63) is 28.7 Å². The van der Waals surface area contributed by atoms with Crippen molar-refractivity contribution in [2.24, 2.45) is 11.1 Å². The van der Waals surface area contributed by atoms with Gasteiger partial charge in [0.15, 0.2) is 0 Å². The Morgan fingerprint density at radius 1 is 1.40 bits per heavy atom. The number of carbonyl (C=O) groups excluding carboxylic acids is 1. The van der Waals surface area contributed by atoms with Crippen molar-refractivity contribution in [3.63, 3.8) is 0 Å². The average Bonchev–Trinajstić information content (AvgIpc) is 2.40. The van der Waals surface area contributed by atoms with Crippen molar-refractivity contribution in [2.45, 2.75) is 19.3 Å². The summed E-state index contributed by atoms with van der Waals surface area (Å²) < 4.78 is 6.65. The van der Waals surface area contributed by atoms with Crippen LogP contribution < -0.4 is 10.5 Å². The van der Waals surface area contributed by atoms with Gasteiger partial charge in [-0.2, -0.15) is 0 Å². The minimum Gasteiger partial charge on any atom is -0.492 e. The summed E-state index contributed by atoms with van der Waals surface area (Å²) in [4.78, 5) is 14.1. The van der Waals surface area contributed by atoms with Gasteiger partial charge in [0.05, 0.1) is 12.0 Å². The number of ether oxygens (including phenoxy) is 1. The molecule has 1 aliphatic carbocycles. The molecule has 4 nitrogen and oxygen atoms in total. The van der Waals surface area contributed by atoms with E-state index in [1.54, 1.807) is 4.90 Å². The van der Waals surface area contributed by atoms with E-state index in [0.717, 1.165) is 29.5 Å². The number of halogens is 1. The zero-order valence-corrected chi connectivity index (χ0v) is 13.4. The van der Waals surface area contributed by atoms with Gasteiger partial charge in [-0.15, -0.1) is 0 Å². The fourth-order valence-electron chi connectivity index (χ4n) is 2.45. The van der Waals surface area contributed by atoms with Crippen LogP contribution in [0.5, 0.6) is 5.75 Å². The molecule has 0 bridgehead atoms. The fourth-order valence-corrected chi connectivity index (χ4v) is 2.71. The molecule has 1 aromatic rings. The molecule has 0 atom stereocenters.